The maximum atomic E-state index is 13.0. The van der Waals surface area contributed by atoms with E-state index in [-0.39, 0.29) is 28.4 Å². The van der Waals surface area contributed by atoms with E-state index < -0.39 is 17.8 Å². The lowest BCUT2D eigenvalue weighted by Crippen LogP contribution is -2.01. The van der Waals surface area contributed by atoms with Crippen LogP contribution in [0.15, 0.2) is 65.3 Å². The molecule has 4 aromatic rings. The van der Waals surface area contributed by atoms with E-state index in [1.165, 1.54) is 24.5 Å². The first-order valence-corrected chi connectivity index (χ1v) is 9.80. The van der Waals surface area contributed by atoms with Gasteiger partial charge < -0.3 is 14.6 Å². The predicted octanol–water partition coefficient (Wildman–Crippen LogP) is 4.75. The summed E-state index contributed by atoms with van der Waals surface area (Å²) in [7, 11) is 0. The van der Waals surface area contributed by atoms with Gasteiger partial charge in [-0.25, -0.2) is 23.9 Å². The second-order valence-corrected chi connectivity index (χ2v) is 6.04. The summed E-state index contributed by atoms with van der Waals surface area (Å²) >= 11 is 0. The lowest BCUT2D eigenvalue weighted by molar-refractivity contribution is 0.0686. The molecule has 4 rings (SSSR count). The highest BCUT2D eigenvalue weighted by molar-refractivity contribution is 5.95. The van der Waals surface area contributed by atoms with Gasteiger partial charge in [0.1, 0.15) is 5.82 Å². The van der Waals surface area contributed by atoms with Crippen LogP contribution < -0.4 is 0 Å². The molecule has 33 heavy (non-hydrogen) atoms. The van der Waals surface area contributed by atoms with Crippen molar-refractivity contribution in [2.45, 2.75) is 20.8 Å². The van der Waals surface area contributed by atoms with Gasteiger partial charge >= 0.3 is 11.9 Å². The monoisotopic (exact) mass is 452 g/mol. The molecule has 170 valence electrons. The van der Waals surface area contributed by atoms with Crippen LogP contribution in [0.1, 0.15) is 40.5 Å². The summed E-state index contributed by atoms with van der Waals surface area (Å²) in [5, 5.41) is 25.3. The van der Waals surface area contributed by atoms with Crippen molar-refractivity contribution in [2.75, 3.05) is 0 Å². The van der Waals surface area contributed by atoms with E-state index in [4.69, 9.17) is 14.6 Å². The van der Waals surface area contributed by atoms with Crippen LogP contribution in [0, 0.1) is 12.7 Å². The Morgan fingerprint density at radius 3 is 2.03 bits per heavy atom. The number of rotatable bonds is 4. The van der Waals surface area contributed by atoms with E-state index in [1.807, 2.05) is 13.8 Å². The second-order valence-electron chi connectivity index (χ2n) is 6.04. The minimum atomic E-state index is -1.14. The third kappa shape index (κ3) is 6.50. The Hall–Kier alpha value is -4.47. The van der Waals surface area contributed by atoms with Gasteiger partial charge in [-0.3, -0.25) is 0 Å². The summed E-state index contributed by atoms with van der Waals surface area (Å²) in [6, 6.07) is 11.5. The van der Waals surface area contributed by atoms with E-state index in [1.54, 1.807) is 31.2 Å². The van der Waals surface area contributed by atoms with Crippen molar-refractivity contribution in [3.05, 3.63) is 83.8 Å². The van der Waals surface area contributed by atoms with E-state index >= 15 is 0 Å². The van der Waals surface area contributed by atoms with Crippen LogP contribution in [0.5, 0.6) is 0 Å². The van der Waals surface area contributed by atoms with Crippen LogP contribution in [-0.2, 0) is 0 Å². The minimum absolute atomic E-state index is 0.0207. The molecule has 0 aliphatic heterocycles. The normalized spacial score (nSPS) is 9.70. The Morgan fingerprint density at radius 1 is 0.848 bits per heavy atom. The maximum Gasteiger partial charge on any atom is 0.336 e. The fraction of sp³-hybridized carbons (Fsp3) is 0.130. The lowest BCUT2D eigenvalue weighted by atomic mass is 10.1. The van der Waals surface area contributed by atoms with Crippen LogP contribution >= 0.6 is 0 Å². The molecular weight excluding hydrogens is 431 g/mol. The van der Waals surface area contributed by atoms with E-state index in [2.05, 4.69) is 20.2 Å². The van der Waals surface area contributed by atoms with Crippen LogP contribution in [0.3, 0.4) is 0 Å². The van der Waals surface area contributed by atoms with Crippen molar-refractivity contribution in [1.82, 2.24) is 20.2 Å². The van der Waals surface area contributed by atoms with Gasteiger partial charge in [-0.05, 0) is 36.4 Å². The van der Waals surface area contributed by atoms with E-state index in [0.717, 1.165) is 12.1 Å². The smallest absolute Gasteiger partial charge is 0.336 e. The SMILES string of the molecule is CC.Cc1nnc(-c2ccccc2C(=O)O)o1.O=C(O)c1ccc(F)cc1-c1ncccn1. The van der Waals surface area contributed by atoms with Gasteiger partial charge in [0.05, 0.1) is 16.7 Å². The number of nitrogens with zero attached hydrogens (tertiary/aromatic N) is 4. The quantitative estimate of drug-likeness (QED) is 0.449. The highest BCUT2D eigenvalue weighted by Crippen LogP contribution is 2.22. The van der Waals surface area contributed by atoms with Gasteiger partial charge in [0.15, 0.2) is 5.82 Å². The van der Waals surface area contributed by atoms with Crippen molar-refractivity contribution in [2.24, 2.45) is 0 Å². The number of aromatic carboxylic acids is 2. The molecule has 0 aliphatic rings. The largest absolute Gasteiger partial charge is 0.478 e. The number of carbonyl (C=O) groups is 2. The molecule has 0 bridgehead atoms. The molecule has 2 N–H and O–H groups in total. The number of carboxylic acids is 2. The Bertz CT molecular complexity index is 1230. The third-order valence-corrected chi connectivity index (χ3v) is 3.93. The molecular formula is C23H21FN4O5. The van der Waals surface area contributed by atoms with E-state index in [9.17, 15) is 14.0 Å². The van der Waals surface area contributed by atoms with Crippen LogP contribution in [0.4, 0.5) is 4.39 Å². The minimum Gasteiger partial charge on any atom is -0.478 e. The zero-order valence-corrected chi connectivity index (χ0v) is 18.1. The highest BCUT2D eigenvalue weighted by atomic mass is 19.1. The molecule has 2 aromatic carbocycles. The van der Waals surface area contributed by atoms with Crippen molar-refractivity contribution in [1.29, 1.82) is 0 Å². The third-order valence-electron chi connectivity index (χ3n) is 3.93. The molecule has 0 saturated carbocycles. The molecule has 0 radical (unpaired) electrons. The van der Waals surface area contributed by atoms with Gasteiger partial charge in [0.2, 0.25) is 11.8 Å². The Kier molecular flexibility index (Phi) is 8.86. The number of hydrogen-bond donors (Lipinski definition) is 2. The molecule has 0 fully saturated rings. The van der Waals surface area contributed by atoms with Gasteiger partial charge in [-0.15, -0.1) is 10.2 Å². The van der Waals surface area contributed by atoms with E-state index in [0.29, 0.717) is 11.5 Å². The zero-order valence-electron chi connectivity index (χ0n) is 18.1. The van der Waals surface area contributed by atoms with Gasteiger partial charge in [0.25, 0.3) is 0 Å². The Morgan fingerprint density at radius 2 is 1.45 bits per heavy atom. The van der Waals surface area contributed by atoms with Crippen LogP contribution in [0.25, 0.3) is 22.8 Å². The summed E-state index contributed by atoms with van der Waals surface area (Å²) in [5.41, 5.74) is 0.743. The second kappa shape index (κ2) is 11.8. The number of aryl methyl sites for hydroxylation is 1. The number of halogens is 1. The Labute approximate surface area is 188 Å². The van der Waals surface area contributed by atoms with Crippen LogP contribution in [0.2, 0.25) is 0 Å². The molecule has 9 nitrogen and oxygen atoms in total. The molecule has 0 aliphatic carbocycles. The first-order chi connectivity index (χ1) is 15.9. The van der Waals surface area contributed by atoms with Crippen LogP contribution in [-0.4, -0.2) is 42.3 Å². The summed E-state index contributed by atoms with van der Waals surface area (Å²) in [4.78, 5) is 29.6. The van der Waals surface area contributed by atoms with Gasteiger partial charge in [-0.2, -0.15) is 0 Å². The van der Waals surface area contributed by atoms with Gasteiger partial charge in [-0.1, -0.05) is 26.0 Å². The molecule has 0 unspecified atom stereocenters. The fourth-order valence-corrected chi connectivity index (χ4v) is 2.59. The molecule has 0 atom stereocenters. The molecule has 10 heteroatoms. The Balaban J connectivity index is 0.000000218. The molecule has 0 saturated heterocycles. The first-order valence-electron chi connectivity index (χ1n) is 9.80. The zero-order chi connectivity index (χ0) is 24.4. The maximum absolute atomic E-state index is 13.0. The number of hydrogen-bond acceptors (Lipinski definition) is 7. The standard InChI is InChI=1S/C11H7FN2O2.C10H8N2O3.C2H6/c12-7-2-3-8(11(15)16)9(6-7)10-13-4-1-5-14-10;1-6-11-12-9(15-6)7-4-2-3-5-8(7)10(13)14;1-2/h1-6H,(H,15,16);2-5H,1H3,(H,13,14);1-2H3. The van der Waals surface area contributed by atoms with Crippen molar-refractivity contribution in [3.8, 4) is 22.8 Å². The van der Waals surface area contributed by atoms with Crippen molar-refractivity contribution >= 4 is 11.9 Å². The number of benzene rings is 2. The fourth-order valence-electron chi connectivity index (χ4n) is 2.59. The van der Waals surface area contributed by atoms with Gasteiger partial charge in [0, 0.05) is 24.9 Å². The summed E-state index contributed by atoms with van der Waals surface area (Å²) < 4.78 is 18.2. The first kappa shape index (κ1) is 24.8. The summed E-state index contributed by atoms with van der Waals surface area (Å²) in [6.07, 6.45) is 2.94. The number of aromatic nitrogens is 4. The average molecular weight is 452 g/mol. The summed E-state index contributed by atoms with van der Waals surface area (Å²) in [5.74, 6) is -1.84. The average Bonchev–Trinajstić information content (AvgIpc) is 3.27. The highest BCUT2D eigenvalue weighted by Gasteiger charge is 2.15. The topological polar surface area (TPSA) is 139 Å². The molecule has 2 aromatic heterocycles. The molecule has 0 spiro atoms. The predicted molar refractivity (Wildman–Crippen MR) is 117 cm³/mol. The van der Waals surface area contributed by atoms with Crippen molar-refractivity contribution in [3.63, 3.8) is 0 Å². The number of carboxylic acid groups (broad SMARTS) is 2. The lowest BCUT2D eigenvalue weighted by Gasteiger charge is -2.03. The molecule has 0 amide bonds. The molecule has 2 heterocycles. The van der Waals surface area contributed by atoms with Crippen molar-refractivity contribution < 1.29 is 28.6 Å². The summed E-state index contributed by atoms with van der Waals surface area (Å²) in [6.45, 7) is 5.65.